The highest BCUT2D eigenvalue weighted by molar-refractivity contribution is 6.42. The van der Waals surface area contributed by atoms with Crippen LogP contribution in [0, 0.1) is 0 Å². The van der Waals surface area contributed by atoms with E-state index in [9.17, 15) is 4.79 Å². The fourth-order valence-electron chi connectivity index (χ4n) is 1.31. The lowest BCUT2D eigenvalue weighted by molar-refractivity contribution is 0.886. The Morgan fingerprint density at radius 3 is 2.61 bits per heavy atom. The topological polar surface area (TPSA) is 87.9 Å². The maximum atomic E-state index is 11.4. The van der Waals surface area contributed by atoms with Crippen LogP contribution in [0.25, 0.3) is 11.4 Å². The minimum absolute atomic E-state index is 0.111. The van der Waals surface area contributed by atoms with Crippen molar-refractivity contribution in [3.63, 3.8) is 0 Å². The Morgan fingerprint density at radius 1 is 1.28 bits per heavy atom. The van der Waals surface area contributed by atoms with Crippen LogP contribution in [0.4, 0.5) is 5.95 Å². The second-order valence-corrected chi connectivity index (χ2v) is 4.36. The minimum atomic E-state index is -0.543. The normalized spacial score (nSPS) is 10.4. The van der Waals surface area contributed by atoms with Gasteiger partial charge in [-0.05, 0) is 18.2 Å². The van der Waals surface area contributed by atoms with Gasteiger partial charge in [-0.15, -0.1) is 0 Å². The van der Waals surface area contributed by atoms with Crippen LogP contribution in [-0.4, -0.2) is 22.0 Å². The molecular formula is C10H9Cl2N5O. The number of benzene rings is 1. The number of anilines is 1. The van der Waals surface area contributed by atoms with Crippen molar-refractivity contribution in [1.82, 2.24) is 15.0 Å². The highest BCUT2D eigenvalue weighted by Crippen LogP contribution is 2.26. The maximum Gasteiger partial charge on any atom is 0.349 e. The number of hydrazine groups is 1. The molecule has 0 amide bonds. The summed E-state index contributed by atoms with van der Waals surface area (Å²) in [5.41, 5.74) is 0.0744. The van der Waals surface area contributed by atoms with Crippen molar-refractivity contribution >= 4 is 29.2 Å². The summed E-state index contributed by atoms with van der Waals surface area (Å²) >= 11 is 11.7. The predicted molar refractivity (Wildman–Crippen MR) is 70.7 cm³/mol. The largest absolute Gasteiger partial charge is 0.349 e. The van der Waals surface area contributed by atoms with Crippen LogP contribution in [0.1, 0.15) is 0 Å². The number of nitrogens with zero attached hydrogens (tertiary/aromatic N) is 3. The lowest BCUT2D eigenvalue weighted by Crippen LogP contribution is -2.30. The minimum Gasteiger partial charge on any atom is -0.290 e. The zero-order valence-electron chi connectivity index (χ0n) is 9.32. The summed E-state index contributed by atoms with van der Waals surface area (Å²) in [7, 11) is 1.54. The van der Waals surface area contributed by atoms with E-state index in [0.717, 1.165) is 5.01 Å². The molecule has 0 spiro atoms. The van der Waals surface area contributed by atoms with Gasteiger partial charge < -0.3 is 0 Å². The van der Waals surface area contributed by atoms with Gasteiger partial charge in [0.05, 0.1) is 10.0 Å². The van der Waals surface area contributed by atoms with E-state index in [4.69, 9.17) is 29.0 Å². The van der Waals surface area contributed by atoms with Gasteiger partial charge in [0, 0.05) is 12.6 Å². The third-order valence-electron chi connectivity index (χ3n) is 2.15. The Balaban J connectivity index is 2.56. The average Bonchev–Trinajstić information content (AvgIpc) is 2.31. The van der Waals surface area contributed by atoms with Crippen molar-refractivity contribution in [3.05, 3.63) is 38.7 Å². The van der Waals surface area contributed by atoms with Crippen molar-refractivity contribution in [3.8, 4) is 11.4 Å². The van der Waals surface area contributed by atoms with Gasteiger partial charge in [-0.3, -0.25) is 9.99 Å². The van der Waals surface area contributed by atoms with Crippen LogP contribution in [0.5, 0.6) is 0 Å². The molecule has 3 N–H and O–H groups in total. The molecule has 0 saturated carbocycles. The number of nitrogens with two attached hydrogens (primary N) is 1. The summed E-state index contributed by atoms with van der Waals surface area (Å²) in [6.45, 7) is 0. The molecule has 94 valence electrons. The van der Waals surface area contributed by atoms with Crippen molar-refractivity contribution < 1.29 is 0 Å². The Bertz CT molecular complexity index is 640. The van der Waals surface area contributed by atoms with Gasteiger partial charge in [-0.2, -0.15) is 9.97 Å². The number of aromatic nitrogens is 3. The summed E-state index contributed by atoms with van der Waals surface area (Å²) in [4.78, 5) is 21.6. The van der Waals surface area contributed by atoms with Gasteiger partial charge in [0.15, 0.2) is 0 Å². The lowest BCUT2D eigenvalue weighted by atomic mass is 10.2. The van der Waals surface area contributed by atoms with E-state index in [0.29, 0.717) is 21.4 Å². The summed E-state index contributed by atoms with van der Waals surface area (Å²) in [6, 6.07) is 4.90. The van der Waals surface area contributed by atoms with Gasteiger partial charge >= 0.3 is 5.69 Å². The average molecular weight is 286 g/mol. The van der Waals surface area contributed by atoms with E-state index in [-0.39, 0.29) is 5.95 Å². The molecule has 1 aromatic heterocycles. The molecule has 0 aliphatic heterocycles. The molecule has 0 bridgehead atoms. The first-order chi connectivity index (χ1) is 8.47. The number of hydrogen-bond acceptors (Lipinski definition) is 5. The Kier molecular flexibility index (Phi) is 3.51. The molecule has 0 aliphatic carbocycles. The highest BCUT2D eigenvalue weighted by Gasteiger charge is 2.08. The van der Waals surface area contributed by atoms with Gasteiger partial charge in [0.2, 0.25) is 5.95 Å². The monoisotopic (exact) mass is 285 g/mol. The molecule has 0 unspecified atom stereocenters. The zero-order chi connectivity index (χ0) is 13.3. The van der Waals surface area contributed by atoms with Gasteiger partial charge in [0.25, 0.3) is 0 Å². The molecule has 6 nitrogen and oxygen atoms in total. The van der Waals surface area contributed by atoms with Crippen molar-refractivity contribution in [2.45, 2.75) is 0 Å². The van der Waals surface area contributed by atoms with Crippen molar-refractivity contribution in [2.75, 3.05) is 12.1 Å². The zero-order valence-corrected chi connectivity index (χ0v) is 10.8. The summed E-state index contributed by atoms with van der Waals surface area (Å²) in [5, 5.41) is 1.94. The molecule has 0 aliphatic rings. The molecule has 2 rings (SSSR count). The number of halogens is 2. The molecule has 0 saturated heterocycles. The molecule has 0 fully saturated rings. The number of hydrogen-bond donors (Lipinski definition) is 2. The lowest BCUT2D eigenvalue weighted by Gasteiger charge is -2.10. The van der Waals surface area contributed by atoms with Crippen LogP contribution < -0.4 is 16.5 Å². The predicted octanol–water partition coefficient (Wildman–Crippen LogP) is 1.45. The van der Waals surface area contributed by atoms with E-state index < -0.39 is 5.69 Å². The van der Waals surface area contributed by atoms with Crippen LogP contribution in [0.2, 0.25) is 10.0 Å². The molecule has 2 aromatic rings. The summed E-state index contributed by atoms with van der Waals surface area (Å²) < 4.78 is 0. The first kappa shape index (κ1) is 12.8. The van der Waals surface area contributed by atoms with Gasteiger partial charge in [-0.25, -0.2) is 10.6 Å². The van der Waals surface area contributed by atoms with Crippen LogP contribution in [-0.2, 0) is 0 Å². The van der Waals surface area contributed by atoms with Crippen LogP contribution in [0.15, 0.2) is 23.0 Å². The first-order valence-corrected chi connectivity index (χ1v) is 5.65. The molecule has 8 heteroatoms. The maximum absolute atomic E-state index is 11.4. The fraction of sp³-hybridized carbons (Fsp3) is 0.100. The number of aromatic amines is 1. The molecular weight excluding hydrogens is 277 g/mol. The van der Waals surface area contributed by atoms with E-state index in [1.165, 1.54) is 7.05 Å². The molecule has 0 atom stereocenters. The number of rotatable bonds is 2. The second kappa shape index (κ2) is 4.93. The molecule has 1 aromatic carbocycles. The summed E-state index contributed by atoms with van der Waals surface area (Å²) in [5.74, 6) is 5.92. The highest BCUT2D eigenvalue weighted by atomic mass is 35.5. The summed E-state index contributed by atoms with van der Waals surface area (Å²) in [6.07, 6.45) is 0. The van der Waals surface area contributed by atoms with Crippen LogP contribution >= 0.6 is 23.2 Å². The van der Waals surface area contributed by atoms with Gasteiger partial charge in [-0.1, -0.05) is 23.2 Å². The van der Waals surface area contributed by atoms with E-state index in [2.05, 4.69) is 15.0 Å². The Labute approximate surface area is 112 Å². The third-order valence-corrected chi connectivity index (χ3v) is 2.89. The Hall–Kier alpha value is -1.63. The second-order valence-electron chi connectivity index (χ2n) is 3.54. The number of nitrogens with one attached hydrogen (secondary N) is 1. The number of H-pyrrole nitrogens is 1. The third kappa shape index (κ3) is 2.61. The van der Waals surface area contributed by atoms with E-state index in [1.807, 2.05) is 0 Å². The molecule has 0 radical (unpaired) electrons. The Morgan fingerprint density at radius 2 is 2.00 bits per heavy atom. The SMILES string of the molecule is CN(N)c1nc(-c2ccc(Cl)c(Cl)c2)[nH]c(=O)n1. The smallest absolute Gasteiger partial charge is 0.290 e. The van der Waals surface area contributed by atoms with Gasteiger partial charge in [0.1, 0.15) is 5.82 Å². The van der Waals surface area contributed by atoms with E-state index >= 15 is 0 Å². The fourth-order valence-corrected chi connectivity index (χ4v) is 1.61. The standard InChI is InChI=1S/C10H9Cl2N5O/c1-17(13)9-14-8(15-10(18)16-9)5-2-3-6(11)7(12)4-5/h2-4H,13H2,1H3,(H,14,15,16,18). The molecule has 1 heterocycles. The quantitative estimate of drug-likeness (QED) is 0.644. The van der Waals surface area contributed by atoms with Crippen molar-refractivity contribution in [1.29, 1.82) is 0 Å². The first-order valence-electron chi connectivity index (χ1n) is 4.89. The van der Waals surface area contributed by atoms with E-state index in [1.54, 1.807) is 18.2 Å². The van der Waals surface area contributed by atoms with Crippen LogP contribution in [0.3, 0.4) is 0 Å². The molecule has 18 heavy (non-hydrogen) atoms. The van der Waals surface area contributed by atoms with Crippen molar-refractivity contribution in [2.24, 2.45) is 5.84 Å².